The van der Waals surface area contributed by atoms with Crippen LogP contribution in [0.15, 0.2) is 18.2 Å². The van der Waals surface area contributed by atoms with E-state index in [0.717, 1.165) is 42.8 Å². The number of hydrogen-bond donors (Lipinski definition) is 3. The van der Waals surface area contributed by atoms with E-state index in [1.165, 1.54) is 0 Å². The van der Waals surface area contributed by atoms with Gasteiger partial charge < -0.3 is 11.1 Å². The van der Waals surface area contributed by atoms with Crippen molar-refractivity contribution in [3.8, 4) is 0 Å². The second-order valence-corrected chi connectivity index (χ2v) is 7.88. The van der Waals surface area contributed by atoms with E-state index in [2.05, 4.69) is 10.6 Å². The molecule has 0 spiro atoms. The lowest BCUT2D eigenvalue weighted by Gasteiger charge is -2.27. The minimum absolute atomic E-state index is 0.111. The number of nitrogens with zero attached hydrogens (tertiary/aromatic N) is 1. The van der Waals surface area contributed by atoms with Crippen LogP contribution >= 0.6 is 0 Å². The summed E-state index contributed by atoms with van der Waals surface area (Å²) >= 11 is 0. The second kappa shape index (κ2) is 7.35. The molecule has 4 N–H and O–H groups in total. The molecule has 4 rings (SSSR count). The van der Waals surface area contributed by atoms with Gasteiger partial charge in [-0.1, -0.05) is 6.42 Å². The molecule has 1 saturated heterocycles. The number of piperidine rings is 1. The fourth-order valence-corrected chi connectivity index (χ4v) is 4.36. The van der Waals surface area contributed by atoms with E-state index in [-0.39, 0.29) is 24.8 Å². The molecule has 1 aromatic rings. The van der Waals surface area contributed by atoms with E-state index in [1.54, 1.807) is 18.2 Å². The number of imide groups is 2. The molecule has 3 atom stereocenters. The molecule has 1 aromatic carbocycles. The van der Waals surface area contributed by atoms with Gasteiger partial charge >= 0.3 is 0 Å². The maximum atomic E-state index is 12.8. The van der Waals surface area contributed by atoms with Crippen molar-refractivity contribution < 1.29 is 19.2 Å². The fourth-order valence-electron chi connectivity index (χ4n) is 4.36. The third-order valence-corrected chi connectivity index (χ3v) is 5.86. The minimum Gasteiger partial charge on any atom is -0.385 e. The third-order valence-electron chi connectivity index (χ3n) is 5.86. The Morgan fingerprint density at radius 2 is 1.86 bits per heavy atom. The number of carbonyl (C=O) groups excluding carboxylic acids is 4. The maximum Gasteiger partial charge on any atom is 0.262 e. The van der Waals surface area contributed by atoms with Crippen molar-refractivity contribution in [1.82, 2.24) is 10.2 Å². The molecular weight excluding hydrogens is 360 g/mol. The lowest BCUT2D eigenvalue weighted by Crippen LogP contribution is -2.54. The molecule has 8 heteroatoms. The Labute approximate surface area is 162 Å². The summed E-state index contributed by atoms with van der Waals surface area (Å²) in [6.07, 6.45) is 4.59. The number of fused-ring (bicyclic) bond motifs is 1. The normalized spacial score (nSPS) is 27.6. The number of rotatable bonds is 4. The van der Waals surface area contributed by atoms with Crippen LogP contribution in [0.2, 0.25) is 0 Å². The summed E-state index contributed by atoms with van der Waals surface area (Å²) in [4.78, 5) is 50.0. The van der Waals surface area contributed by atoms with Crippen molar-refractivity contribution in [2.75, 3.05) is 11.9 Å². The van der Waals surface area contributed by atoms with Gasteiger partial charge in [-0.2, -0.15) is 0 Å². The Hall–Kier alpha value is -2.74. The van der Waals surface area contributed by atoms with Crippen LogP contribution < -0.4 is 16.4 Å². The van der Waals surface area contributed by atoms with Gasteiger partial charge in [-0.25, -0.2) is 0 Å². The van der Waals surface area contributed by atoms with Crippen LogP contribution in [0.1, 0.15) is 59.2 Å². The highest BCUT2D eigenvalue weighted by atomic mass is 16.2. The van der Waals surface area contributed by atoms with Crippen molar-refractivity contribution in [2.45, 2.75) is 50.6 Å². The van der Waals surface area contributed by atoms with Gasteiger partial charge in [0.2, 0.25) is 11.8 Å². The van der Waals surface area contributed by atoms with E-state index in [0.29, 0.717) is 17.0 Å². The predicted molar refractivity (Wildman–Crippen MR) is 102 cm³/mol. The van der Waals surface area contributed by atoms with Gasteiger partial charge in [0.05, 0.1) is 11.1 Å². The fraction of sp³-hybridized carbons (Fsp3) is 0.500. The molecule has 2 fully saturated rings. The quantitative estimate of drug-likeness (QED) is 0.666. The Bertz CT molecular complexity index is 853. The SMILES string of the molecule is N[C@@H]1CCC[C@H](CNc2ccc3c(c2)C(=O)N(C2CCC(=O)NC2=O)C3=O)C1. The van der Waals surface area contributed by atoms with E-state index < -0.39 is 23.8 Å². The summed E-state index contributed by atoms with van der Waals surface area (Å²) in [5, 5.41) is 5.55. The summed E-state index contributed by atoms with van der Waals surface area (Å²) < 4.78 is 0. The number of nitrogens with one attached hydrogen (secondary N) is 2. The van der Waals surface area contributed by atoms with Gasteiger partial charge in [0, 0.05) is 24.7 Å². The zero-order chi connectivity index (χ0) is 19.8. The molecule has 2 aliphatic heterocycles. The monoisotopic (exact) mass is 384 g/mol. The average molecular weight is 384 g/mol. The number of benzene rings is 1. The highest BCUT2D eigenvalue weighted by Gasteiger charge is 2.44. The van der Waals surface area contributed by atoms with Gasteiger partial charge in [-0.15, -0.1) is 0 Å². The van der Waals surface area contributed by atoms with Gasteiger partial charge in [0.1, 0.15) is 6.04 Å². The molecule has 0 aromatic heterocycles. The largest absolute Gasteiger partial charge is 0.385 e. The van der Waals surface area contributed by atoms with E-state index >= 15 is 0 Å². The van der Waals surface area contributed by atoms with Crippen LogP contribution in [0.3, 0.4) is 0 Å². The number of amides is 4. The minimum atomic E-state index is -0.940. The van der Waals surface area contributed by atoms with E-state index in [1.807, 2.05) is 0 Å². The first kappa shape index (κ1) is 18.6. The van der Waals surface area contributed by atoms with Crippen LogP contribution in [0.5, 0.6) is 0 Å². The number of hydrogen-bond acceptors (Lipinski definition) is 6. The first-order chi connectivity index (χ1) is 13.4. The molecule has 2 heterocycles. The lowest BCUT2D eigenvalue weighted by atomic mass is 9.86. The summed E-state index contributed by atoms with van der Waals surface area (Å²) in [5.74, 6) is -1.46. The van der Waals surface area contributed by atoms with Crippen molar-refractivity contribution in [2.24, 2.45) is 11.7 Å². The Kier molecular flexibility index (Phi) is 4.89. The molecular formula is C20H24N4O4. The maximum absolute atomic E-state index is 12.8. The molecule has 0 radical (unpaired) electrons. The topological polar surface area (TPSA) is 122 Å². The van der Waals surface area contributed by atoms with E-state index in [4.69, 9.17) is 5.73 Å². The van der Waals surface area contributed by atoms with Crippen molar-refractivity contribution >= 4 is 29.3 Å². The number of carbonyl (C=O) groups is 4. The molecule has 8 nitrogen and oxygen atoms in total. The number of anilines is 1. The Morgan fingerprint density at radius 1 is 1.07 bits per heavy atom. The summed E-state index contributed by atoms with van der Waals surface area (Å²) in [6, 6.07) is 4.38. The van der Waals surface area contributed by atoms with Crippen LogP contribution in [0.4, 0.5) is 5.69 Å². The Morgan fingerprint density at radius 3 is 2.61 bits per heavy atom. The Balaban J connectivity index is 1.48. The van der Waals surface area contributed by atoms with Crippen LogP contribution in [0.25, 0.3) is 0 Å². The summed E-state index contributed by atoms with van der Waals surface area (Å²) in [6.45, 7) is 0.769. The first-order valence-corrected chi connectivity index (χ1v) is 9.79. The molecule has 1 aliphatic carbocycles. The second-order valence-electron chi connectivity index (χ2n) is 7.88. The lowest BCUT2D eigenvalue weighted by molar-refractivity contribution is -0.136. The van der Waals surface area contributed by atoms with Gasteiger partial charge in [-0.3, -0.25) is 29.4 Å². The third kappa shape index (κ3) is 3.40. The molecule has 148 valence electrons. The molecule has 0 bridgehead atoms. The van der Waals surface area contributed by atoms with Crippen molar-refractivity contribution in [1.29, 1.82) is 0 Å². The van der Waals surface area contributed by atoms with Gasteiger partial charge in [0.15, 0.2) is 0 Å². The van der Waals surface area contributed by atoms with Crippen LogP contribution in [0, 0.1) is 5.92 Å². The first-order valence-electron chi connectivity index (χ1n) is 9.79. The summed E-state index contributed by atoms with van der Waals surface area (Å²) in [7, 11) is 0. The van der Waals surface area contributed by atoms with Gasteiger partial charge in [-0.05, 0) is 49.8 Å². The molecule has 4 amide bonds. The molecule has 28 heavy (non-hydrogen) atoms. The van der Waals surface area contributed by atoms with Crippen LogP contribution in [-0.2, 0) is 9.59 Å². The van der Waals surface area contributed by atoms with Crippen molar-refractivity contribution in [3.63, 3.8) is 0 Å². The van der Waals surface area contributed by atoms with Crippen molar-refractivity contribution in [3.05, 3.63) is 29.3 Å². The average Bonchev–Trinajstić information content (AvgIpc) is 2.91. The molecule has 1 unspecified atom stereocenters. The highest BCUT2D eigenvalue weighted by molar-refractivity contribution is 6.23. The standard InChI is InChI=1S/C20H24N4O4/c21-12-3-1-2-11(8-12)10-22-13-4-5-14-15(9-13)20(28)24(19(14)27)16-6-7-17(25)23-18(16)26/h4-5,9,11-12,16,22H,1-3,6-8,10,21H2,(H,23,25,26)/t11-,12+,16?/m0/s1. The molecule has 3 aliphatic rings. The van der Waals surface area contributed by atoms with E-state index in [9.17, 15) is 19.2 Å². The zero-order valence-corrected chi connectivity index (χ0v) is 15.6. The summed E-state index contributed by atoms with van der Waals surface area (Å²) in [5.41, 5.74) is 7.39. The molecule has 1 saturated carbocycles. The van der Waals surface area contributed by atoms with Crippen LogP contribution in [-0.4, -0.2) is 47.2 Å². The zero-order valence-electron chi connectivity index (χ0n) is 15.6. The highest BCUT2D eigenvalue weighted by Crippen LogP contribution is 2.30. The smallest absolute Gasteiger partial charge is 0.262 e. The number of nitrogens with two attached hydrogens (primary N) is 1. The van der Waals surface area contributed by atoms with Gasteiger partial charge in [0.25, 0.3) is 11.8 Å². The predicted octanol–water partition coefficient (Wildman–Crippen LogP) is 1.02.